The molecule has 7 nitrogen and oxygen atoms in total. The van der Waals surface area contributed by atoms with Gasteiger partial charge in [-0.1, -0.05) is 19.1 Å². The molecule has 0 aromatic heterocycles. The highest BCUT2D eigenvalue weighted by atomic mass is 19.3. The number of rotatable bonds is 10. The lowest BCUT2D eigenvalue weighted by molar-refractivity contribution is -0.0520. The predicted molar refractivity (Wildman–Crippen MR) is 116 cm³/mol. The zero-order valence-corrected chi connectivity index (χ0v) is 18.5. The molecule has 2 N–H and O–H groups in total. The molecule has 1 heterocycles. The molecule has 0 radical (unpaired) electrons. The molecule has 9 heteroatoms. The normalized spacial score (nSPS) is 17.1. The van der Waals surface area contributed by atoms with E-state index in [-0.39, 0.29) is 12.3 Å². The molecule has 2 rings (SSSR count). The topological polar surface area (TPSA) is 61.4 Å². The molecule has 0 bridgehead atoms. The second kappa shape index (κ2) is 12.5. The number of ether oxygens (including phenoxy) is 2. The Labute approximate surface area is 178 Å². The molecule has 1 aliphatic heterocycles. The van der Waals surface area contributed by atoms with Gasteiger partial charge in [0.05, 0.1) is 6.61 Å². The monoisotopic (exact) mass is 427 g/mol. The van der Waals surface area contributed by atoms with E-state index in [1.165, 1.54) is 0 Å². The summed E-state index contributed by atoms with van der Waals surface area (Å²) >= 11 is 0. The van der Waals surface area contributed by atoms with Crippen LogP contribution < -0.4 is 20.1 Å². The quantitative estimate of drug-likeness (QED) is 0.442. The fourth-order valence-corrected chi connectivity index (χ4v) is 3.49. The Morgan fingerprint density at radius 1 is 1.17 bits per heavy atom. The van der Waals surface area contributed by atoms with E-state index < -0.39 is 6.61 Å². The molecule has 1 atom stereocenters. The number of likely N-dealkylation sites (N-methyl/N-ethyl adjacent to an activating group) is 1. The Hall–Kier alpha value is -2.13. The summed E-state index contributed by atoms with van der Waals surface area (Å²) in [5.74, 6) is 0.971. The summed E-state index contributed by atoms with van der Waals surface area (Å²) < 4.78 is 35.9. The van der Waals surface area contributed by atoms with Crippen LogP contribution in [0.2, 0.25) is 0 Å². The smallest absolute Gasteiger partial charge is 0.387 e. The van der Waals surface area contributed by atoms with Crippen LogP contribution in [-0.2, 0) is 6.54 Å². The SMILES string of the molecule is CCOc1cccc(CNC(=NC)NCC(C)N2CCN(CC)CC2)c1OC(F)F. The minimum atomic E-state index is -2.92. The van der Waals surface area contributed by atoms with Gasteiger partial charge in [-0.05, 0) is 26.5 Å². The fraction of sp³-hybridized carbons (Fsp3) is 0.667. The van der Waals surface area contributed by atoms with Crippen molar-refractivity contribution in [1.82, 2.24) is 20.4 Å². The highest BCUT2D eigenvalue weighted by Gasteiger charge is 2.20. The van der Waals surface area contributed by atoms with Crippen molar-refractivity contribution < 1.29 is 18.3 Å². The fourth-order valence-electron chi connectivity index (χ4n) is 3.49. The van der Waals surface area contributed by atoms with Crippen LogP contribution in [0.5, 0.6) is 11.5 Å². The molecule has 0 spiro atoms. The molecule has 1 fully saturated rings. The largest absolute Gasteiger partial charge is 0.490 e. The molecule has 0 amide bonds. The molecule has 0 aliphatic carbocycles. The first kappa shape index (κ1) is 24.1. The first-order valence-electron chi connectivity index (χ1n) is 10.6. The van der Waals surface area contributed by atoms with Crippen LogP contribution in [0.4, 0.5) is 8.78 Å². The van der Waals surface area contributed by atoms with Crippen LogP contribution in [0.15, 0.2) is 23.2 Å². The van der Waals surface area contributed by atoms with E-state index in [1.54, 1.807) is 32.2 Å². The third kappa shape index (κ3) is 7.28. The van der Waals surface area contributed by atoms with Gasteiger partial charge < -0.3 is 25.0 Å². The van der Waals surface area contributed by atoms with Gasteiger partial charge in [0.1, 0.15) is 0 Å². The maximum Gasteiger partial charge on any atom is 0.387 e. The van der Waals surface area contributed by atoms with Crippen molar-refractivity contribution >= 4 is 5.96 Å². The van der Waals surface area contributed by atoms with E-state index in [9.17, 15) is 8.78 Å². The molecule has 1 aromatic carbocycles. The first-order chi connectivity index (χ1) is 14.5. The Kier molecular flexibility index (Phi) is 10.1. The van der Waals surface area contributed by atoms with Gasteiger partial charge in [-0.25, -0.2) is 0 Å². The maximum atomic E-state index is 12.9. The summed E-state index contributed by atoms with van der Waals surface area (Å²) in [7, 11) is 1.69. The number of nitrogens with zero attached hydrogens (tertiary/aromatic N) is 3. The van der Waals surface area contributed by atoms with E-state index in [0.717, 1.165) is 39.3 Å². The molecular formula is C21H35F2N5O2. The maximum absolute atomic E-state index is 12.9. The highest BCUT2D eigenvalue weighted by Crippen LogP contribution is 2.32. The molecule has 1 aromatic rings. The summed E-state index contributed by atoms with van der Waals surface area (Å²) in [6, 6.07) is 5.48. The Morgan fingerprint density at radius 3 is 2.50 bits per heavy atom. The second-order valence-corrected chi connectivity index (χ2v) is 7.18. The van der Waals surface area contributed by atoms with Gasteiger partial charge in [0.25, 0.3) is 0 Å². The lowest BCUT2D eigenvalue weighted by Crippen LogP contribution is -2.53. The van der Waals surface area contributed by atoms with E-state index in [4.69, 9.17) is 9.47 Å². The minimum absolute atomic E-state index is 0.0551. The number of nitrogens with one attached hydrogen (secondary N) is 2. The average molecular weight is 428 g/mol. The third-order valence-electron chi connectivity index (χ3n) is 5.28. The summed E-state index contributed by atoms with van der Waals surface area (Å²) in [6.07, 6.45) is 0. The van der Waals surface area contributed by atoms with Gasteiger partial charge in [-0.2, -0.15) is 8.78 Å². The summed E-state index contributed by atoms with van der Waals surface area (Å²) in [4.78, 5) is 9.16. The van der Waals surface area contributed by atoms with Crippen molar-refractivity contribution in [2.24, 2.45) is 4.99 Å². The van der Waals surface area contributed by atoms with Crippen molar-refractivity contribution in [3.63, 3.8) is 0 Å². The number of hydrogen-bond donors (Lipinski definition) is 2. The van der Waals surface area contributed by atoms with Crippen LogP contribution >= 0.6 is 0 Å². The Bertz CT molecular complexity index is 667. The van der Waals surface area contributed by atoms with E-state index >= 15 is 0 Å². The van der Waals surface area contributed by atoms with E-state index in [0.29, 0.717) is 29.9 Å². The number of piperazine rings is 1. The van der Waals surface area contributed by atoms with Gasteiger partial charge in [0.2, 0.25) is 0 Å². The molecule has 170 valence electrons. The Balaban J connectivity index is 1.90. The van der Waals surface area contributed by atoms with Crippen LogP contribution in [0.1, 0.15) is 26.3 Å². The van der Waals surface area contributed by atoms with Crippen molar-refractivity contribution in [3.8, 4) is 11.5 Å². The number of alkyl halides is 2. The second-order valence-electron chi connectivity index (χ2n) is 7.18. The van der Waals surface area contributed by atoms with Crippen molar-refractivity contribution in [2.75, 3.05) is 52.9 Å². The number of hydrogen-bond acceptors (Lipinski definition) is 5. The van der Waals surface area contributed by atoms with Gasteiger partial charge in [0.15, 0.2) is 17.5 Å². The van der Waals surface area contributed by atoms with Gasteiger partial charge in [0, 0.05) is 57.9 Å². The zero-order valence-electron chi connectivity index (χ0n) is 18.5. The summed E-state index contributed by atoms with van der Waals surface area (Å²) in [5, 5.41) is 6.50. The number of para-hydroxylation sites is 1. The highest BCUT2D eigenvalue weighted by molar-refractivity contribution is 5.79. The molecule has 1 aliphatic rings. The van der Waals surface area contributed by atoms with Gasteiger partial charge >= 0.3 is 6.61 Å². The van der Waals surface area contributed by atoms with Gasteiger partial charge in [-0.15, -0.1) is 0 Å². The lowest BCUT2D eigenvalue weighted by atomic mass is 10.2. The van der Waals surface area contributed by atoms with Crippen LogP contribution in [-0.4, -0.2) is 81.3 Å². The van der Waals surface area contributed by atoms with Crippen LogP contribution in [0.3, 0.4) is 0 Å². The molecule has 30 heavy (non-hydrogen) atoms. The standard InChI is InChI=1S/C21H35F2N5O2/c1-5-27-10-12-28(13-11-27)16(3)14-25-21(24-4)26-15-17-8-7-9-18(29-6-2)19(17)30-20(22)23/h7-9,16,20H,5-6,10-15H2,1-4H3,(H2,24,25,26). The Morgan fingerprint density at radius 2 is 1.90 bits per heavy atom. The van der Waals surface area contributed by atoms with Crippen molar-refractivity contribution in [1.29, 1.82) is 0 Å². The minimum Gasteiger partial charge on any atom is -0.490 e. The van der Waals surface area contributed by atoms with Crippen molar-refractivity contribution in [2.45, 2.75) is 40.0 Å². The number of aliphatic imine (C=N–C) groups is 1. The molecule has 1 saturated heterocycles. The number of guanidine groups is 1. The number of benzene rings is 1. The first-order valence-corrected chi connectivity index (χ1v) is 10.6. The van der Waals surface area contributed by atoms with Crippen LogP contribution in [0.25, 0.3) is 0 Å². The lowest BCUT2D eigenvalue weighted by Gasteiger charge is -2.37. The molecule has 1 unspecified atom stereocenters. The third-order valence-corrected chi connectivity index (χ3v) is 5.28. The summed E-state index contributed by atoms with van der Waals surface area (Å²) in [5.41, 5.74) is 0.577. The molecular weight excluding hydrogens is 392 g/mol. The average Bonchev–Trinajstić information content (AvgIpc) is 2.75. The van der Waals surface area contributed by atoms with E-state index in [1.807, 2.05) is 0 Å². The summed E-state index contributed by atoms with van der Waals surface area (Å²) in [6.45, 7) is 10.1. The molecule has 0 saturated carbocycles. The van der Waals surface area contributed by atoms with Crippen molar-refractivity contribution in [3.05, 3.63) is 23.8 Å². The van der Waals surface area contributed by atoms with Gasteiger partial charge in [-0.3, -0.25) is 9.89 Å². The number of halogens is 2. The zero-order chi connectivity index (χ0) is 21.9. The van der Waals surface area contributed by atoms with E-state index in [2.05, 4.69) is 39.3 Å². The van der Waals surface area contributed by atoms with Crippen LogP contribution in [0, 0.1) is 0 Å². The predicted octanol–water partition coefficient (Wildman–Crippen LogP) is 2.38.